The van der Waals surface area contributed by atoms with Crippen molar-refractivity contribution in [2.45, 2.75) is 6.36 Å². The molecule has 0 saturated heterocycles. The lowest BCUT2D eigenvalue weighted by Crippen LogP contribution is -2.17. The molecule has 0 saturated carbocycles. The number of methoxy groups -OCH3 is 1. The first-order valence-corrected chi connectivity index (χ1v) is 5.46. The van der Waals surface area contributed by atoms with E-state index >= 15 is 0 Å². The minimum absolute atomic E-state index is 0.0583. The van der Waals surface area contributed by atoms with E-state index in [-0.39, 0.29) is 16.9 Å². The summed E-state index contributed by atoms with van der Waals surface area (Å²) in [6.45, 7) is 0. The van der Waals surface area contributed by atoms with Gasteiger partial charge in [0.25, 0.3) is 5.95 Å². The van der Waals surface area contributed by atoms with Crippen molar-refractivity contribution in [1.82, 2.24) is 4.98 Å². The maximum Gasteiger partial charge on any atom is 0.573 e. The minimum atomic E-state index is -4.84. The van der Waals surface area contributed by atoms with E-state index in [4.69, 9.17) is 4.74 Å². The van der Waals surface area contributed by atoms with Crippen molar-refractivity contribution in [2.24, 2.45) is 0 Å². The van der Waals surface area contributed by atoms with Gasteiger partial charge in [0.1, 0.15) is 5.75 Å². The number of aromatic nitrogens is 1. The molecule has 0 spiro atoms. The van der Waals surface area contributed by atoms with Gasteiger partial charge < -0.3 is 9.47 Å². The molecule has 20 heavy (non-hydrogen) atoms. The quantitative estimate of drug-likeness (QED) is 0.635. The zero-order chi connectivity index (χ0) is 14.8. The van der Waals surface area contributed by atoms with Gasteiger partial charge >= 0.3 is 6.36 Å². The maximum atomic E-state index is 13.5. The summed E-state index contributed by atoms with van der Waals surface area (Å²) in [7, 11) is 1.21. The number of hydrogen-bond acceptors (Lipinski definition) is 3. The van der Waals surface area contributed by atoms with E-state index in [1.54, 1.807) is 0 Å². The number of halogens is 4. The topological polar surface area (TPSA) is 31.4 Å². The van der Waals surface area contributed by atoms with Gasteiger partial charge in [-0.25, -0.2) is 4.98 Å². The molecule has 1 aromatic heterocycles. The molecule has 0 unspecified atom stereocenters. The van der Waals surface area contributed by atoms with Gasteiger partial charge in [0.15, 0.2) is 5.75 Å². The second-order valence-electron chi connectivity index (χ2n) is 3.73. The van der Waals surface area contributed by atoms with Crippen LogP contribution in [0.2, 0.25) is 0 Å². The Morgan fingerprint density at radius 2 is 1.75 bits per heavy atom. The van der Waals surface area contributed by atoms with E-state index in [1.165, 1.54) is 31.4 Å². The maximum absolute atomic E-state index is 13.5. The minimum Gasteiger partial charge on any atom is -0.491 e. The van der Waals surface area contributed by atoms with Crippen molar-refractivity contribution in [2.75, 3.05) is 7.11 Å². The van der Waals surface area contributed by atoms with E-state index in [1.807, 2.05) is 0 Å². The number of rotatable bonds is 3. The lowest BCUT2D eigenvalue weighted by molar-refractivity contribution is -0.274. The van der Waals surface area contributed by atoms with Gasteiger partial charge in [-0.15, -0.1) is 13.2 Å². The fourth-order valence-corrected chi connectivity index (χ4v) is 1.73. The lowest BCUT2D eigenvalue weighted by Gasteiger charge is -2.15. The summed E-state index contributed by atoms with van der Waals surface area (Å²) in [6, 6.07) is 6.75. The first-order chi connectivity index (χ1) is 9.42. The Morgan fingerprint density at radius 3 is 2.40 bits per heavy atom. The van der Waals surface area contributed by atoms with Crippen molar-refractivity contribution < 1.29 is 27.0 Å². The number of alkyl halides is 3. The van der Waals surface area contributed by atoms with E-state index in [0.29, 0.717) is 0 Å². The van der Waals surface area contributed by atoms with Crippen molar-refractivity contribution in [3.8, 4) is 22.6 Å². The van der Waals surface area contributed by atoms with Gasteiger partial charge in [-0.3, -0.25) is 0 Å². The Morgan fingerprint density at radius 1 is 1.05 bits per heavy atom. The number of ether oxygens (including phenoxy) is 2. The monoisotopic (exact) mass is 287 g/mol. The fraction of sp³-hybridized carbons (Fsp3) is 0.154. The van der Waals surface area contributed by atoms with Crippen LogP contribution < -0.4 is 9.47 Å². The molecule has 0 radical (unpaired) electrons. The lowest BCUT2D eigenvalue weighted by atomic mass is 10.1. The average Bonchev–Trinajstić information content (AvgIpc) is 2.37. The van der Waals surface area contributed by atoms with Gasteiger partial charge in [-0.05, 0) is 12.1 Å². The van der Waals surface area contributed by atoms with E-state index in [9.17, 15) is 17.6 Å². The summed E-state index contributed by atoms with van der Waals surface area (Å²) in [4.78, 5) is 3.39. The van der Waals surface area contributed by atoms with Crippen LogP contribution in [-0.4, -0.2) is 18.5 Å². The van der Waals surface area contributed by atoms with Gasteiger partial charge in [0.2, 0.25) is 0 Å². The van der Waals surface area contributed by atoms with Crippen LogP contribution in [0.1, 0.15) is 0 Å². The number of para-hydroxylation sites is 1. The standard InChI is InChI=1S/C13H9F4NO2/c1-19-11-9(6-7-18-12(11)14)8-4-2-3-5-10(8)20-13(15,16)17/h2-7H,1H3. The number of nitrogens with zero attached hydrogens (tertiary/aromatic N) is 1. The molecule has 0 fully saturated rings. The van der Waals surface area contributed by atoms with Crippen molar-refractivity contribution in [3.05, 3.63) is 42.5 Å². The van der Waals surface area contributed by atoms with Crippen LogP contribution >= 0.6 is 0 Å². The molecule has 2 aromatic rings. The third-order valence-electron chi connectivity index (χ3n) is 2.47. The zero-order valence-corrected chi connectivity index (χ0v) is 10.2. The largest absolute Gasteiger partial charge is 0.573 e. The molecule has 0 aliphatic heterocycles. The molecule has 106 valence electrons. The summed E-state index contributed by atoms with van der Waals surface area (Å²) in [5, 5.41) is 0. The SMILES string of the molecule is COc1c(-c2ccccc2OC(F)(F)F)ccnc1F. The van der Waals surface area contributed by atoms with Crippen LogP contribution in [0.3, 0.4) is 0 Å². The molecule has 0 bridgehead atoms. The van der Waals surface area contributed by atoms with Gasteiger partial charge in [0.05, 0.1) is 7.11 Å². The molecule has 1 aromatic carbocycles. The molecule has 0 aliphatic rings. The molecular weight excluding hydrogens is 278 g/mol. The van der Waals surface area contributed by atoms with E-state index in [0.717, 1.165) is 12.3 Å². The molecule has 0 atom stereocenters. The van der Waals surface area contributed by atoms with Crippen LogP contribution in [0, 0.1) is 5.95 Å². The third kappa shape index (κ3) is 2.98. The third-order valence-corrected chi connectivity index (χ3v) is 2.47. The number of benzene rings is 1. The average molecular weight is 287 g/mol. The molecule has 7 heteroatoms. The first kappa shape index (κ1) is 14.1. The fourth-order valence-electron chi connectivity index (χ4n) is 1.73. The van der Waals surface area contributed by atoms with Crippen LogP contribution in [0.4, 0.5) is 17.6 Å². The molecule has 0 aliphatic carbocycles. The normalized spacial score (nSPS) is 11.2. The number of hydrogen-bond donors (Lipinski definition) is 0. The smallest absolute Gasteiger partial charge is 0.491 e. The van der Waals surface area contributed by atoms with Crippen LogP contribution in [0.25, 0.3) is 11.1 Å². The summed E-state index contributed by atoms with van der Waals surface area (Å²) in [6.07, 6.45) is -3.70. The summed E-state index contributed by atoms with van der Waals surface area (Å²) < 4.78 is 59.4. The molecule has 3 nitrogen and oxygen atoms in total. The first-order valence-electron chi connectivity index (χ1n) is 5.46. The molecule has 1 heterocycles. The second-order valence-corrected chi connectivity index (χ2v) is 3.73. The molecule has 2 rings (SSSR count). The Labute approximate surface area is 111 Å². The van der Waals surface area contributed by atoms with E-state index in [2.05, 4.69) is 9.72 Å². The molecule has 0 N–H and O–H groups in total. The van der Waals surface area contributed by atoms with Crippen molar-refractivity contribution >= 4 is 0 Å². The van der Waals surface area contributed by atoms with Gasteiger partial charge in [-0.2, -0.15) is 4.39 Å². The highest BCUT2D eigenvalue weighted by molar-refractivity contribution is 5.75. The number of pyridine rings is 1. The Bertz CT molecular complexity index is 614. The highest BCUT2D eigenvalue weighted by atomic mass is 19.4. The molecular formula is C13H9F4NO2. The van der Waals surface area contributed by atoms with Crippen LogP contribution in [-0.2, 0) is 0 Å². The van der Waals surface area contributed by atoms with Crippen LogP contribution in [0.5, 0.6) is 11.5 Å². The van der Waals surface area contributed by atoms with Gasteiger partial charge in [0, 0.05) is 17.3 Å². The molecule has 0 amide bonds. The second kappa shape index (κ2) is 5.36. The van der Waals surface area contributed by atoms with Crippen molar-refractivity contribution in [1.29, 1.82) is 0 Å². The van der Waals surface area contributed by atoms with Gasteiger partial charge in [-0.1, -0.05) is 18.2 Å². The van der Waals surface area contributed by atoms with Crippen molar-refractivity contribution in [3.63, 3.8) is 0 Å². The summed E-state index contributed by atoms with van der Waals surface area (Å²) in [5.41, 5.74) is 0.183. The summed E-state index contributed by atoms with van der Waals surface area (Å²) in [5.74, 6) is -1.60. The Hall–Kier alpha value is -2.31. The Kier molecular flexibility index (Phi) is 3.78. The van der Waals surface area contributed by atoms with E-state index < -0.39 is 18.1 Å². The highest BCUT2D eigenvalue weighted by Crippen LogP contribution is 2.38. The zero-order valence-electron chi connectivity index (χ0n) is 10.2. The summed E-state index contributed by atoms with van der Waals surface area (Å²) >= 11 is 0. The highest BCUT2D eigenvalue weighted by Gasteiger charge is 2.32. The predicted octanol–water partition coefficient (Wildman–Crippen LogP) is 3.79. The van der Waals surface area contributed by atoms with Crippen LogP contribution in [0.15, 0.2) is 36.5 Å². The Balaban J connectivity index is 2.56. The predicted molar refractivity (Wildman–Crippen MR) is 62.9 cm³/mol.